The Morgan fingerprint density at radius 2 is 0.894 bits per heavy atom. The molecule has 6 heterocycles. The maximum Gasteiger partial charge on any atom is 0.430 e. The molecule has 20 heteroatoms. The topological polar surface area (TPSA) is 135 Å². The van der Waals surface area contributed by atoms with E-state index in [1.165, 1.54) is 86.0 Å². The van der Waals surface area contributed by atoms with Crippen molar-refractivity contribution in [1.29, 1.82) is 0 Å². The average Bonchev–Trinajstić information content (AvgIpc) is 1.61. The Labute approximate surface area is 569 Å². The molecule has 2 spiro atoms. The summed E-state index contributed by atoms with van der Waals surface area (Å²) in [7, 11) is 9.55. The number of quaternary nitrogens is 2. The van der Waals surface area contributed by atoms with Gasteiger partial charge in [-0.05, 0) is 119 Å². The first-order chi connectivity index (χ1) is 44.3. The first-order valence-corrected chi connectivity index (χ1v) is 33.1. The van der Waals surface area contributed by atoms with Gasteiger partial charge in [-0.25, -0.2) is 8.78 Å². The van der Waals surface area contributed by atoms with E-state index in [-0.39, 0.29) is 47.4 Å². The van der Waals surface area contributed by atoms with Crippen molar-refractivity contribution in [2.24, 2.45) is 0 Å². The summed E-state index contributed by atoms with van der Waals surface area (Å²) >= 11 is 0. The normalized spacial score (nSPS) is 22.8. The Morgan fingerprint density at radius 1 is 0.521 bits per heavy atom. The SMILES string of the molecule is C[C@H]1CN(Cc2cccc(-c3cc(CNC(=O)c4cccc(CN5CCC6(CCC[N+]6(C)C)C5)c4)ccc3F)c2)CCN1.C[C@H]1CN(Cc2cccc(-c3cc(CNC(=O)c4cccc(CN5CCC6(CCC[N+]6(C)C)C5)c4)ccc3F)c2)CCN1.O=C([O-])C(F)(F)F.[I-]. The van der Waals surface area contributed by atoms with Gasteiger partial charge in [-0.15, -0.1) is 0 Å². The predicted molar refractivity (Wildman–Crippen MR) is 353 cm³/mol. The number of nitrogens with zero attached hydrogens (tertiary/aromatic N) is 6. The second-order valence-electron chi connectivity index (χ2n) is 28.2. The summed E-state index contributed by atoms with van der Waals surface area (Å²) in [6, 6.07) is 43.6. The lowest BCUT2D eigenvalue weighted by atomic mass is 9.94. The number of hydrogen-bond acceptors (Lipinski definition) is 10. The van der Waals surface area contributed by atoms with Gasteiger partial charge in [-0.2, -0.15) is 13.2 Å². The molecule has 0 radical (unpaired) electrons. The van der Waals surface area contributed by atoms with Crippen LogP contribution >= 0.6 is 0 Å². The van der Waals surface area contributed by atoms with Crippen LogP contribution in [-0.4, -0.2) is 182 Å². The first kappa shape index (κ1) is 72.1. The van der Waals surface area contributed by atoms with Gasteiger partial charge in [0.15, 0.2) is 0 Å². The number of rotatable bonds is 16. The molecule has 12 rings (SSSR count). The van der Waals surface area contributed by atoms with E-state index >= 15 is 8.78 Å². The molecule has 6 fully saturated rings. The number of hydrogen-bond donors (Lipinski definition) is 4. The van der Waals surface area contributed by atoms with E-state index in [2.05, 4.69) is 119 Å². The number of amides is 2. The van der Waals surface area contributed by atoms with E-state index in [1.54, 1.807) is 12.1 Å². The highest BCUT2D eigenvalue weighted by Crippen LogP contribution is 2.43. The summed E-state index contributed by atoms with van der Waals surface area (Å²) in [5.74, 6) is -3.72. The largest absolute Gasteiger partial charge is 1.00 e. The van der Waals surface area contributed by atoms with Gasteiger partial charge in [0.1, 0.15) is 28.7 Å². The van der Waals surface area contributed by atoms with E-state index in [1.807, 2.05) is 72.8 Å². The van der Waals surface area contributed by atoms with Gasteiger partial charge in [0, 0.05) is 164 Å². The van der Waals surface area contributed by atoms with E-state index in [4.69, 9.17) is 9.90 Å². The molecule has 2 amide bonds. The van der Waals surface area contributed by atoms with Gasteiger partial charge in [-0.3, -0.25) is 29.2 Å². The minimum Gasteiger partial charge on any atom is -1.00 e. The minimum absolute atomic E-state index is 0. The lowest BCUT2D eigenvalue weighted by Crippen LogP contribution is -3.00. The van der Waals surface area contributed by atoms with E-state index in [0.717, 1.165) is 123 Å². The lowest BCUT2D eigenvalue weighted by molar-refractivity contribution is -0.926. The van der Waals surface area contributed by atoms with Crippen LogP contribution in [0.2, 0.25) is 0 Å². The third-order valence-electron chi connectivity index (χ3n) is 20.7. The average molecular weight is 1410 g/mol. The Bertz CT molecular complexity index is 3370. The van der Waals surface area contributed by atoms with Gasteiger partial charge in [0.05, 0.1) is 54.4 Å². The number of alkyl halides is 3. The molecule has 94 heavy (non-hydrogen) atoms. The molecule has 4 atom stereocenters. The van der Waals surface area contributed by atoms with E-state index in [9.17, 15) is 22.8 Å². The van der Waals surface area contributed by atoms with Gasteiger partial charge < -0.3 is 64.1 Å². The highest BCUT2D eigenvalue weighted by Gasteiger charge is 2.54. The number of aliphatic carboxylic acids is 1. The summed E-state index contributed by atoms with van der Waals surface area (Å²) in [6.45, 7) is 21.6. The molecule has 6 aliphatic heterocycles. The number of carboxylic acids is 1. The molecule has 506 valence electrons. The van der Waals surface area contributed by atoms with E-state index < -0.39 is 12.1 Å². The standard InChI is InChI=1S/2C36H46FN5O.C2HF3O2.HI/c2*1-27-23-40(17-15-38-27)24-29-7-4-9-31(19-29)33-21-28(11-12-34(33)37)22-39-35(43)32-10-5-8-30(20-32)25-41-16-14-36(26-41)13-6-18-42(36,2)3;3-2(4,5)1(6)7;/h2*4-5,7-12,19-21,27,38H,6,13-18,22-26H2,1-3H3;(H,6,7);1H/t2*27-,36?;;/m00../s1. The number of benzene rings is 6. The second-order valence-corrected chi connectivity index (χ2v) is 28.2. The first-order valence-electron chi connectivity index (χ1n) is 33.1. The summed E-state index contributed by atoms with van der Waals surface area (Å²) in [5.41, 5.74) is 11.4. The van der Waals surface area contributed by atoms with Crippen LogP contribution in [0.1, 0.15) is 106 Å². The predicted octanol–water partition coefficient (Wildman–Crippen LogP) is 6.36. The van der Waals surface area contributed by atoms with Crippen LogP contribution in [0.25, 0.3) is 22.3 Å². The van der Waals surface area contributed by atoms with Crippen molar-refractivity contribution in [3.05, 3.63) is 190 Å². The fraction of sp³-hybridized carbons (Fsp3) is 0.473. The fourth-order valence-corrected chi connectivity index (χ4v) is 15.3. The summed E-state index contributed by atoms with van der Waals surface area (Å²) in [6.07, 6.45) is 2.55. The number of carbonyl (C=O) groups is 3. The third-order valence-corrected chi connectivity index (χ3v) is 20.7. The van der Waals surface area contributed by atoms with E-state index in [0.29, 0.717) is 58.5 Å². The van der Waals surface area contributed by atoms with Gasteiger partial charge in [0.2, 0.25) is 0 Å². The summed E-state index contributed by atoms with van der Waals surface area (Å²) < 4.78 is 63.8. The van der Waals surface area contributed by atoms with Crippen LogP contribution < -0.4 is 50.4 Å². The Hall–Kier alpha value is -6.21. The van der Waals surface area contributed by atoms with Crippen LogP contribution in [0.15, 0.2) is 133 Å². The molecule has 6 saturated heterocycles. The fourth-order valence-electron chi connectivity index (χ4n) is 15.3. The van der Waals surface area contributed by atoms with Crippen LogP contribution in [0.3, 0.4) is 0 Å². The minimum atomic E-state index is -5.19. The number of piperazine rings is 2. The number of halogens is 6. The van der Waals surface area contributed by atoms with Crippen LogP contribution in [-0.2, 0) is 44.1 Å². The van der Waals surface area contributed by atoms with Gasteiger partial charge >= 0.3 is 6.18 Å². The molecular weight excluding hydrogens is 1310 g/mol. The zero-order valence-corrected chi connectivity index (χ0v) is 57.6. The highest BCUT2D eigenvalue weighted by atomic mass is 127. The number of carboxylic acid groups (broad SMARTS) is 1. The molecule has 0 bridgehead atoms. The summed E-state index contributed by atoms with van der Waals surface area (Å²) in [5, 5.41) is 21.9. The van der Waals surface area contributed by atoms with Crippen molar-refractivity contribution in [3.63, 3.8) is 0 Å². The third kappa shape index (κ3) is 18.3. The van der Waals surface area contributed by atoms with Gasteiger partial charge in [-0.1, -0.05) is 72.8 Å². The number of likely N-dealkylation sites (tertiary alicyclic amines) is 4. The molecular formula is C74H94F5IN10O4. The maximum absolute atomic E-state index is 15.0. The molecule has 0 aromatic heterocycles. The zero-order chi connectivity index (χ0) is 66.1. The molecule has 6 aromatic rings. The van der Waals surface area contributed by atoms with Crippen molar-refractivity contribution in [3.8, 4) is 22.3 Å². The van der Waals surface area contributed by atoms with Crippen LogP contribution in [0.5, 0.6) is 0 Å². The van der Waals surface area contributed by atoms with Crippen molar-refractivity contribution >= 4 is 17.8 Å². The zero-order valence-electron chi connectivity index (χ0n) is 55.4. The Morgan fingerprint density at radius 3 is 1.26 bits per heavy atom. The monoisotopic (exact) mass is 1410 g/mol. The molecule has 2 unspecified atom stereocenters. The van der Waals surface area contributed by atoms with Gasteiger partial charge in [0.25, 0.3) is 11.8 Å². The highest BCUT2D eigenvalue weighted by molar-refractivity contribution is 5.95. The van der Waals surface area contributed by atoms with Crippen LogP contribution in [0, 0.1) is 11.6 Å². The molecule has 6 aliphatic rings. The van der Waals surface area contributed by atoms with Crippen molar-refractivity contribution in [2.45, 2.75) is 121 Å². The number of likely N-dealkylation sites (N-methyl/N-ethyl adjacent to an activating group) is 2. The Kier molecular flexibility index (Phi) is 24.0. The number of nitrogens with one attached hydrogen (secondary N) is 4. The molecule has 0 aliphatic carbocycles. The van der Waals surface area contributed by atoms with Crippen LogP contribution in [0.4, 0.5) is 22.0 Å². The molecule has 0 saturated carbocycles. The number of carbonyl (C=O) groups excluding carboxylic acids is 3. The smallest absolute Gasteiger partial charge is 0.430 e. The van der Waals surface area contributed by atoms with Crippen molar-refractivity contribution in [2.75, 3.05) is 107 Å². The second kappa shape index (κ2) is 31.3. The quantitative estimate of drug-likeness (QED) is 0.0493. The lowest BCUT2D eigenvalue weighted by Gasteiger charge is -2.41. The molecule has 6 aromatic carbocycles. The maximum atomic E-state index is 15.0. The summed E-state index contributed by atoms with van der Waals surface area (Å²) in [4.78, 5) is 45.1. The molecule has 4 N–H and O–H groups in total. The Balaban J connectivity index is 0.000000199. The van der Waals surface area contributed by atoms with Crippen molar-refractivity contribution < 1.29 is 74.4 Å². The van der Waals surface area contributed by atoms with Crippen molar-refractivity contribution in [1.82, 2.24) is 40.9 Å². The molecule has 14 nitrogen and oxygen atoms in total.